The van der Waals surface area contributed by atoms with Gasteiger partial charge in [0.25, 0.3) is 0 Å². The molecule has 106 valence electrons. The summed E-state index contributed by atoms with van der Waals surface area (Å²) in [6, 6.07) is 4.09. The van der Waals surface area contributed by atoms with E-state index in [-0.39, 0.29) is 22.0 Å². The van der Waals surface area contributed by atoms with Gasteiger partial charge in [0.2, 0.25) is 0 Å². The Labute approximate surface area is 115 Å². The van der Waals surface area contributed by atoms with E-state index in [2.05, 4.69) is 5.16 Å². The third kappa shape index (κ3) is 2.72. The highest BCUT2D eigenvalue weighted by Gasteiger charge is 2.22. The minimum Gasteiger partial charge on any atom is -0.478 e. The van der Waals surface area contributed by atoms with Crippen LogP contribution in [-0.4, -0.2) is 24.7 Å². The monoisotopic (exact) mass is 295 g/mol. The molecule has 1 heterocycles. The Kier molecular flexibility index (Phi) is 3.63. The molecule has 0 aliphatic rings. The van der Waals surface area contributed by atoms with Gasteiger partial charge in [-0.3, -0.25) is 0 Å². The van der Waals surface area contributed by atoms with Gasteiger partial charge in [-0.25, -0.2) is 13.2 Å². The summed E-state index contributed by atoms with van der Waals surface area (Å²) < 4.78 is 29.5. The smallest absolute Gasteiger partial charge is 0.335 e. The van der Waals surface area contributed by atoms with Gasteiger partial charge in [0, 0.05) is 6.07 Å². The van der Waals surface area contributed by atoms with Gasteiger partial charge in [-0.2, -0.15) is 0 Å². The molecule has 0 fully saturated rings. The fourth-order valence-corrected chi connectivity index (χ4v) is 3.47. The van der Waals surface area contributed by atoms with Crippen molar-refractivity contribution in [3.8, 4) is 0 Å². The molecule has 0 saturated heterocycles. The van der Waals surface area contributed by atoms with Gasteiger partial charge in [-0.15, -0.1) is 0 Å². The molecule has 0 spiro atoms. The first kappa shape index (κ1) is 14.3. The number of hydrogen-bond acceptors (Lipinski definition) is 5. The highest BCUT2D eigenvalue weighted by Crippen LogP contribution is 2.24. The molecular formula is C13H13NO5S. The van der Waals surface area contributed by atoms with E-state index in [1.807, 2.05) is 0 Å². The van der Waals surface area contributed by atoms with Crippen LogP contribution in [0.3, 0.4) is 0 Å². The molecule has 0 radical (unpaired) electrons. The lowest BCUT2D eigenvalue weighted by Crippen LogP contribution is -2.10. The highest BCUT2D eigenvalue weighted by atomic mass is 32.2. The summed E-state index contributed by atoms with van der Waals surface area (Å²) in [5.74, 6) is -1.30. The fourth-order valence-electron chi connectivity index (χ4n) is 1.86. The van der Waals surface area contributed by atoms with E-state index in [0.717, 1.165) is 0 Å². The summed E-state index contributed by atoms with van der Waals surface area (Å²) >= 11 is 0. The number of rotatable bonds is 4. The molecule has 0 aliphatic carbocycles. The van der Waals surface area contributed by atoms with Crippen LogP contribution >= 0.6 is 0 Å². The third-order valence-corrected chi connectivity index (χ3v) is 4.78. The zero-order valence-electron chi connectivity index (χ0n) is 11.0. The zero-order valence-corrected chi connectivity index (χ0v) is 11.8. The van der Waals surface area contributed by atoms with Crippen molar-refractivity contribution in [3.05, 3.63) is 46.8 Å². The number of aromatic carboxylic acids is 1. The van der Waals surface area contributed by atoms with Crippen LogP contribution in [0.2, 0.25) is 0 Å². The Morgan fingerprint density at radius 2 is 2.05 bits per heavy atom. The molecular weight excluding hydrogens is 282 g/mol. The van der Waals surface area contributed by atoms with E-state index in [0.29, 0.717) is 11.1 Å². The lowest BCUT2D eigenvalue weighted by atomic mass is 10.1. The lowest BCUT2D eigenvalue weighted by molar-refractivity contribution is 0.0696. The number of hydrogen-bond donors (Lipinski definition) is 1. The predicted molar refractivity (Wildman–Crippen MR) is 70.3 cm³/mol. The van der Waals surface area contributed by atoms with E-state index >= 15 is 0 Å². The van der Waals surface area contributed by atoms with E-state index in [9.17, 15) is 13.2 Å². The summed E-state index contributed by atoms with van der Waals surface area (Å²) in [6.07, 6.45) is 1.36. The van der Waals surface area contributed by atoms with Crippen LogP contribution in [0.1, 0.15) is 27.2 Å². The molecule has 1 aromatic carbocycles. The second-order valence-corrected chi connectivity index (χ2v) is 6.42. The van der Waals surface area contributed by atoms with Crippen LogP contribution in [-0.2, 0) is 15.6 Å². The highest BCUT2D eigenvalue weighted by molar-refractivity contribution is 7.90. The predicted octanol–water partition coefficient (Wildman–Crippen LogP) is 1.96. The van der Waals surface area contributed by atoms with Crippen LogP contribution in [0, 0.1) is 13.8 Å². The first-order valence-corrected chi connectivity index (χ1v) is 7.43. The van der Waals surface area contributed by atoms with Gasteiger partial charge in [0.05, 0.1) is 16.7 Å². The Balaban J connectivity index is 2.53. The van der Waals surface area contributed by atoms with Gasteiger partial charge in [-0.1, -0.05) is 5.16 Å². The SMILES string of the molecule is Cc1cc(C(=O)O)cc(S(=O)(=O)Cc2ccno2)c1C. The van der Waals surface area contributed by atoms with Crippen molar-refractivity contribution in [1.82, 2.24) is 5.16 Å². The number of sulfone groups is 1. The van der Waals surface area contributed by atoms with Gasteiger partial charge in [0.15, 0.2) is 15.6 Å². The minimum absolute atomic E-state index is 0.00583. The van der Waals surface area contributed by atoms with Crippen molar-refractivity contribution < 1.29 is 22.8 Å². The zero-order chi connectivity index (χ0) is 14.9. The van der Waals surface area contributed by atoms with Crippen molar-refractivity contribution >= 4 is 15.8 Å². The standard InChI is InChI=1S/C13H13NO5S/c1-8-5-10(13(15)16)6-12(9(8)2)20(17,18)7-11-3-4-14-19-11/h3-6H,7H2,1-2H3,(H,15,16). The summed E-state index contributed by atoms with van der Waals surface area (Å²) in [4.78, 5) is 11.0. The van der Waals surface area contributed by atoms with E-state index in [1.54, 1.807) is 13.8 Å². The largest absolute Gasteiger partial charge is 0.478 e. The Bertz CT molecular complexity index is 747. The number of aromatic nitrogens is 1. The summed E-state index contributed by atoms with van der Waals surface area (Å²) in [5.41, 5.74) is 1.10. The molecule has 0 atom stereocenters. The van der Waals surface area contributed by atoms with E-state index in [1.165, 1.54) is 24.4 Å². The van der Waals surface area contributed by atoms with Crippen molar-refractivity contribution in [1.29, 1.82) is 0 Å². The minimum atomic E-state index is -3.69. The fraction of sp³-hybridized carbons (Fsp3) is 0.231. The molecule has 0 saturated carbocycles. The van der Waals surface area contributed by atoms with Crippen LogP contribution in [0.4, 0.5) is 0 Å². The summed E-state index contributed by atoms with van der Waals surface area (Å²) in [5, 5.41) is 12.5. The molecule has 6 nitrogen and oxygen atoms in total. The number of nitrogens with zero attached hydrogens (tertiary/aromatic N) is 1. The normalized spacial score (nSPS) is 11.5. The van der Waals surface area contributed by atoms with Gasteiger partial charge >= 0.3 is 5.97 Å². The molecule has 0 aliphatic heterocycles. The molecule has 1 N–H and O–H groups in total. The molecule has 1 aromatic heterocycles. The average molecular weight is 295 g/mol. The Morgan fingerprint density at radius 1 is 1.35 bits per heavy atom. The first-order valence-electron chi connectivity index (χ1n) is 5.78. The average Bonchev–Trinajstić information content (AvgIpc) is 2.83. The summed E-state index contributed by atoms with van der Waals surface area (Å²) in [7, 11) is -3.69. The number of benzene rings is 1. The molecule has 2 rings (SSSR count). The van der Waals surface area contributed by atoms with Gasteiger partial charge < -0.3 is 9.63 Å². The van der Waals surface area contributed by atoms with Crippen LogP contribution < -0.4 is 0 Å². The van der Waals surface area contributed by atoms with Crippen molar-refractivity contribution in [2.45, 2.75) is 24.5 Å². The number of aryl methyl sites for hydroxylation is 1. The third-order valence-electron chi connectivity index (χ3n) is 3.03. The van der Waals surface area contributed by atoms with Crippen LogP contribution in [0.5, 0.6) is 0 Å². The molecule has 0 amide bonds. The molecule has 7 heteroatoms. The molecule has 20 heavy (non-hydrogen) atoms. The maximum atomic E-state index is 12.4. The number of carbonyl (C=O) groups is 1. The Morgan fingerprint density at radius 3 is 2.60 bits per heavy atom. The van der Waals surface area contributed by atoms with Gasteiger partial charge in [0.1, 0.15) is 5.75 Å². The molecule has 0 bridgehead atoms. The van der Waals surface area contributed by atoms with Crippen LogP contribution in [0.15, 0.2) is 33.8 Å². The summed E-state index contributed by atoms with van der Waals surface area (Å²) in [6.45, 7) is 3.32. The maximum absolute atomic E-state index is 12.4. The number of carboxylic acid groups (broad SMARTS) is 1. The van der Waals surface area contributed by atoms with Gasteiger partial charge in [-0.05, 0) is 37.1 Å². The second-order valence-electron chi connectivity index (χ2n) is 4.46. The van der Waals surface area contributed by atoms with Crippen molar-refractivity contribution in [2.75, 3.05) is 0 Å². The van der Waals surface area contributed by atoms with Crippen LogP contribution in [0.25, 0.3) is 0 Å². The van der Waals surface area contributed by atoms with Crippen molar-refractivity contribution in [3.63, 3.8) is 0 Å². The quantitative estimate of drug-likeness (QED) is 0.926. The maximum Gasteiger partial charge on any atom is 0.335 e. The number of carboxylic acids is 1. The first-order chi connectivity index (χ1) is 9.31. The lowest BCUT2D eigenvalue weighted by Gasteiger charge is -2.10. The molecule has 2 aromatic rings. The Hall–Kier alpha value is -2.15. The van der Waals surface area contributed by atoms with E-state index in [4.69, 9.17) is 9.63 Å². The molecule has 0 unspecified atom stereocenters. The van der Waals surface area contributed by atoms with Crippen molar-refractivity contribution in [2.24, 2.45) is 0 Å². The topological polar surface area (TPSA) is 97.5 Å². The second kappa shape index (κ2) is 5.09. The van der Waals surface area contributed by atoms with E-state index < -0.39 is 15.8 Å².